The van der Waals surface area contributed by atoms with Crippen molar-refractivity contribution in [1.29, 1.82) is 0 Å². The molecule has 1 atom stereocenters. The largest absolute Gasteiger partial charge is 0.493 e. The lowest BCUT2D eigenvalue weighted by Gasteiger charge is -2.25. The van der Waals surface area contributed by atoms with Gasteiger partial charge in [-0.05, 0) is 104 Å². The first-order chi connectivity index (χ1) is 22.5. The van der Waals surface area contributed by atoms with Gasteiger partial charge in [0.25, 0.3) is 5.56 Å². The SMILES string of the molecule is CCOC(=O)C1=C(C)N=c2s/c(=C\c3cc(I)c(OCc4cccc(C)c4)c(OC)c3)c(=O)n2[C@@H]1c1ccc(OC(C)C)c(OC)c1. The van der Waals surface area contributed by atoms with Crippen LogP contribution in [0.2, 0.25) is 0 Å². The topological polar surface area (TPSA) is 97.6 Å². The normalized spacial score (nSPS) is 14.5. The smallest absolute Gasteiger partial charge is 0.338 e. The van der Waals surface area contributed by atoms with Crippen molar-refractivity contribution in [3.63, 3.8) is 0 Å². The van der Waals surface area contributed by atoms with E-state index in [9.17, 15) is 9.59 Å². The lowest BCUT2D eigenvalue weighted by Crippen LogP contribution is -2.40. The molecule has 3 aromatic carbocycles. The van der Waals surface area contributed by atoms with E-state index >= 15 is 0 Å². The van der Waals surface area contributed by atoms with Crippen LogP contribution in [0.25, 0.3) is 6.08 Å². The predicted octanol–water partition coefficient (Wildman–Crippen LogP) is 6.09. The molecule has 5 rings (SSSR count). The number of carbonyl (C=O) groups is 1. The molecule has 0 fully saturated rings. The summed E-state index contributed by atoms with van der Waals surface area (Å²) in [6.45, 7) is 9.98. The van der Waals surface area contributed by atoms with Gasteiger partial charge < -0.3 is 23.7 Å². The Morgan fingerprint density at radius 2 is 1.81 bits per heavy atom. The first kappa shape index (κ1) is 34.2. The molecule has 0 saturated carbocycles. The number of ether oxygens (including phenoxy) is 5. The fraction of sp³-hybridized carbons (Fsp3) is 0.306. The van der Waals surface area contributed by atoms with Crippen molar-refractivity contribution >= 4 is 46.0 Å². The van der Waals surface area contributed by atoms with Gasteiger partial charge in [0.2, 0.25) is 0 Å². The van der Waals surface area contributed by atoms with Gasteiger partial charge in [-0.15, -0.1) is 0 Å². The highest BCUT2D eigenvalue weighted by molar-refractivity contribution is 14.1. The van der Waals surface area contributed by atoms with Gasteiger partial charge in [0, 0.05) is 0 Å². The number of esters is 1. The monoisotopic (exact) mass is 768 g/mol. The zero-order chi connectivity index (χ0) is 33.8. The van der Waals surface area contributed by atoms with Gasteiger partial charge in [-0.25, -0.2) is 9.79 Å². The third-order valence-corrected chi connectivity index (χ3v) is 9.18. The highest BCUT2D eigenvalue weighted by Crippen LogP contribution is 2.37. The third-order valence-electron chi connectivity index (χ3n) is 7.40. The van der Waals surface area contributed by atoms with E-state index in [2.05, 4.69) is 28.7 Å². The fourth-order valence-corrected chi connectivity index (χ4v) is 7.21. The molecular weight excluding hydrogens is 731 g/mol. The molecule has 0 bridgehead atoms. The Hall–Kier alpha value is -4.10. The van der Waals surface area contributed by atoms with Crippen molar-refractivity contribution < 1.29 is 28.5 Å². The maximum absolute atomic E-state index is 14.2. The molecule has 1 aliphatic rings. The quantitative estimate of drug-likeness (QED) is 0.135. The van der Waals surface area contributed by atoms with Crippen molar-refractivity contribution in [3.8, 4) is 23.0 Å². The Morgan fingerprint density at radius 3 is 2.49 bits per heavy atom. The number of halogens is 1. The number of hydrogen-bond donors (Lipinski definition) is 0. The Bertz CT molecular complexity index is 2030. The van der Waals surface area contributed by atoms with Gasteiger partial charge >= 0.3 is 5.97 Å². The van der Waals surface area contributed by atoms with E-state index in [0.29, 0.717) is 50.2 Å². The van der Waals surface area contributed by atoms with Gasteiger partial charge in [0.1, 0.15) is 6.61 Å². The Labute approximate surface area is 291 Å². The molecule has 11 heteroatoms. The molecule has 9 nitrogen and oxygen atoms in total. The predicted molar refractivity (Wildman–Crippen MR) is 190 cm³/mol. The second-order valence-corrected chi connectivity index (χ2v) is 13.4. The van der Waals surface area contributed by atoms with E-state index in [1.807, 2.05) is 57.2 Å². The van der Waals surface area contributed by atoms with Gasteiger partial charge in [-0.1, -0.05) is 47.2 Å². The van der Waals surface area contributed by atoms with E-state index < -0.39 is 12.0 Å². The summed E-state index contributed by atoms with van der Waals surface area (Å²) >= 11 is 3.47. The van der Waals surface area contributed by atoms with E-state index in [1.165, 1.54) is 11.3 Å². The van der Waals surface area contributed by atoms with Crippen LogP contribution in [0.4, 0.5) is 0 Å². The molecule has 0 radical (unpaired) electrons. The Balaban J connectivity index is 1.60. The number of aryl methyl sites for hydroxylation is 1. The summed E-state index contributed by atoms with van der Waals surface area (Å²) < 4.78 is 31.7. The molecule has 4 aromatic rings. The molecule has 47 heavy (non-hydrogen) atoms. The molecule has 0 saturated heterocycles. The summed E-state index contributed by atoms with van der Waals surface area (Å²) in [4.78, 5) is 32.7. The molecule has 1 aliphatic heterocycles. The molecule has 0 amide bonds. The average Bonchev–Trinajstić information content (AvgIpc) is 3.33. The van der Waals surface area contributed by atoms with E-state index in [-0.39, 0.29) is 23.8 Å². The molecule has 0 spiro atoms. The summed E-state index contributed by atoms with van der Waals surface area (Å²) in [5.41, 5.74) is 4.12. The van der Waals surface area contributed by atoms with E-state index in [4.69, 9.17) is 28.7 Å². The average molecular weight is 769 g/mol. The number of thiazole rings is 1. The van der Waals surface area contributed by atoms with Gasteiger partial charge in [-0.3, -0.25) is 9.36 Å². The Kier molecular flexibility index (Phi) is 10.8. The lowest BCUT2D eigenvalue weighted by atomic mass is 9.95. The van der Waals surface area contributed by atoms with Crippen LogP contribution in [0.15, 0.2) is 75.7 Å². The highest BCUT2D eigenvalue weighted by atomic mass is 127. The van der Waals surface area contributed by atoms with Gasteiger partial charge in [-0.2, -0.15) is 0 Å². The number of fused-ring (bicyclic) bond motifs is 1. The standard InChI is InChI=1S/C36H37IN2O7S/c1-8-44-35(41)31-22(5)38-36-39(32(31)25-12-13-27(46-20(2)3)28(18-25)42-6)34(40)30(47-36)17-24-15-26(37)33(29(16-24)43-7)45-19-23-11-9-10-21(4)14-23/h9-18,20,32H,8,19H2,1-7H3/b30-17-/t32-/m1/s1. The molecule has 0 N–H and O–H groups in total. The molecule has 2 heterocycles. The van der Waals surface area contributed by atoms with Crippen LogP contribution < -0.4 is 33.8 Å². The van der Waals surface area contributed by atoms with Crippen LogP contribution in [0, 0.1) is 10.5 Å². The van der Waals surface area contributed by atoms with Crippen LogP contribution in [0.1, 0.15) is 56.0 Å². The summed E-state index contributed by atoms with van der Waals surface area (Å²) in [6, 6.07) is 16.6. The number of methoxy groups -OCH3 is 2. The van der Waals surface area contributed by atoms with Gasteiger partial charge in [0.15, 0.2) is 27.8 Å². The lowest BCUT2D eigenvalue weighted by molar-refractivity contribution is -0.139. The van der Waals surface area contributed by atoms with Crippen LogP contribution >= 0.6 is 33.9 Å². The minimum absolute atomic E-state index is 0.0694. The zero-order valence-corrected chi connectivity index (χ0v) is 30.4. The number of nitrogens with zero attached hydrogens (tertiary/aromatic N) is 2. The number of benzene rings is 3. The maximum atomic E-state index is 14.2. The summed E-state index contributed by atoms with van der Waals surface area (Å²) in [6.07, 6.45) is 1.74. The number of rotatable bonds is 11. The maximum Gasteiger partial charge on any atom is 0.338 e. The van der Waals surface area contributed by atoms with Gasteiger partial charge in [0.05, 0.1) is 52.3 Å². The summed E-state index contributed by atoms with van der Waals surface area (Å²) in [5, 5.41) is 0. The second-order valence-electron chi connectivity index (χ2n) is 11.2. The second kappa shape index (κ2) is 14.8. The number of hydrogen-bond acceptors (Lipinski definition) is 9. The minimum atomic E-state index is -0.790. The molecule has 1 aromatic heterocycles. The van der Waals surface area contributed by atoms with Crippen molar-refractivity contribution in [2.24, 2.45) is 4.99 Å². The summed E-state index contributed by atoms with van der Waals surface area (Å²) in [5.74, 6) is 1.70. The van der Waals surface area contributed by atoms with E-state index in [0.717, 1.165) is 20.3 Å². The van der Waals surface area contributed by atoms with Crippen LogP contribution in [-0.2, 0) is 16.1 Å². The molecule has 246 valence electrons. The van der Waals surface area contributed by atoms with Crippen LogP contribution in [0.3, 0.4) is 0 Å². The Morgan fingerprint density at radius 1 is 1.04 bits per heavy atom. The zero-order valence-electron chi connectivity index (χ0n) is 27.4. The minimum Gasteiger partial charge on any atom is -0.493 e. The molecule has 0 aliphatic carbocycles. The van der Waals surface area contributed by atoms with Crippen molar-refractivity contribution in [3.05, 3.63) is 111 Å². The third kappa shape index (κ3) is 7.41. The summed E-state index contributed by atoms with van der Waals surface area (Å²) in [7, 11) is 3.15. The van der Waals surface area contributed by atoms with Crippen LogP contribution in [0.5, 0.6) is 23.0 Å². The van der Waals surface area contributed by atoms with Crippen LogP contribution in [-0.4, -0.2) is 37.5 Å². The highest BCUT2D eigenvalue weighted by Gasteiger charge is 2.34. The first-order valence-electron chi connectivity index (χ1n) is 15.1. The number of allylic oxidation sites excluding steroid dienone is 1. The molecule has 0 unspecified atom stereocenters. The van der Waals surface area contributed by atoms with Crippen molar-refractivity contribution in [1.82, 2.24) is 4.57 Å². The van der Waals surface area contributed by atoms with Crippen molar-refractivity contribution in [2.45, 2.75) is 53.4 Å². The fourth-order valence-electron chi connectivity index (χ4n) is 5.38. The molecular formula is C36H37IN2O7S. The number of aromatic nitrogens is 1. The first-order valence-corrected chi connectivity index (χ1v) is 17.0. The van der Waals surface area contributed by atoms with E-state index in [1.54, 1.807) is 50.8 Å². The van der Waals surface area contributed by atoms with Crippen molar-refractivity contribution in [2.75, 3.05) is 20.8 Å². The number of carbonyl (C=O) groups excluding carboxylic acids is 1.